The van der Waals surface area contributed by atoms with Gasteiger partial charge < -0.3 is 11.5 Å². The van der Waals surface area contributed by atoms with Crippen molar-refractivity contribution < 1.29 is 4.39 Å². The van der Waals surface area contributed by atoms with Crippen LogP contribution in [-0.2, 0) is 0 Å². The number of hydrogen-bond acceptors (Lipinski definition) is 1. The smallest absolute Gasteiger partial charge is 0.191 e. The van der Waals surface area contributed by atoms with E-state index in [0.29, 0.717) is 9.26 Å². The van der Waals surface area contributed by atoms with Crippen LogP contribution in [0.1, 0.15) is 0 Å². The van der Waals surface area contributed by atoms with Gasteiger partial charge in [-0.15, -0.1) is 0 Å². The zero-order valence-corrected chi connectivity index (χ0v) is 8.25. The van der Waals surface area contributed by atoms with Gasteiger partial charge in [0.15, 0.2) is 5.96 Å². The first-order valence-corrected chi connectivity index (χ1v) is 4.22. The third kappa shape index (κ3) is 2.33. The Balaban J connectivity index is 3.05. The molecule has 0 saturated heterocycles. The maximum Gasteiger partial charge on any atom is 0.191 e. The fourth-order valence-corrected chi connectivity index (χ4v) is 1.20. The highest BCUT2D eigenvalue weighted by molar-refractivity contribution is 14.1. The first-order valence-electron chi connectivity index (χ1n) is 3.14. The fourth-order valence-electron chi connectivity index (χ4n) is 0.704. The number of guanidine groups is 1. The van der Waals surface area contributed by atoms with Gasteiger partial charge in [0.1, 0.15) is 5.82 Å². The molecular formula is C7H7FIN3. The molecule has 0 atom stereocenters. The zero-order valence-electron chi connectivity index (χ0n) is 6.09. The van der Waals surface area contributed by atoms with Crippen molar-refractivity contribution in [1.29, 1.82) is 0 Å². The lowest BCUT2D eigenvalue weighted by Crippen LogP contribution is -2.21. The molecule has 0 radical (unpaired) electrons. The minimum absolute atomic E-state index is 0.0302. The second kappa shape index (κ2) is 3.70. The summed E-state index contributed by atoms with van der Waals surface area (Å²) in [6.07, 6.45) is 0. The summed E-state index contributed by atoms with van der Waals surface area (Å²) >= 11 is 1.87. The second-order valence-electron chi connectivity index (χ2n) is 2.14. The Bertz CT molecular complexity index is 320. The van der Waals surface area contributed by atoms with E-state index < -0.39 is 0 Å². The number of rotatable bonds is 1. The summed E-state index contributed by atoms with van der Waals surface area (Å²) in [5, 5.41) is 0. The maximum atomic E-state index is 12.7. The third-order valence-corrected chi connectivity index (χ3v) is 1.99. The quantitative estimate of drug-likeness (QED) is 0.463. The number of hydrogen-bond donors (Lipinski definition) is 2. The molecule has 0 aromatic heterocycles. The van der Waals surface area contributed by atoms with Crippen molar-refractivity contribution in [2.24, 2.45) is 16.5 Å². The van der Waals surface area contributed by atoms with Gasteiger partial charge in [-0.25, -0.2) is 9.38 Å². The topological polar surface area (TPSA) is 64.4 Å². The molecule has 0 unspecified atom stereocenters. The minimum atomic E-state index is -0.273. The number of nitrogens with zero attached hydrogens (tertiary/aromatic N) is 1. The fraction of sp³-hybridized carbons (Fsp3) is 0. The van der Waals surface area contributed by atoms with Crippen molar-refractivity contribution >= 4 is 34.2 Å². The van der Waals surface area contributed by atoms with E-state index in [1.807, 2.05) is 22.6 Å². The second-order valence-corrected chi connectivity index (χ2v) is 3.30. The van der Waals surface area contributed by atoms with Gasteiger partial charge in [-0.2, -0.15) is 0 Å². The lowest BCUT2D eigenvalue weighted by atomic mass is 10.3. The van der Waals surface area contributed by atoms with Crippen molar-refractivity contribution in [3.05, 3.63) is 27.6 Å². The summed E-state index contributed by atoms with van der Waals surface area (Å²) in [6, 6.07) is 4.40. The van der Waals surface area contributed by atoms with Crippen LogP contribution in [0.25, 0.3) is 0 Å². The maximum absolute atomic E-state index is 12.7. The Hall–Kier alpha value is -0.850. The molecule has 5 heteroatoms. The van der Waals surface area contributed by atoms with Crippen molar-refractivity contribution in [2.45, 2.75) is 0 Å². The number of benzene rings is 1. The van der Waals surface area contributed by atoms with Gasteiger partial charge >= 0.3 is 0 Å². The summed E-state index contributed by atoms with van der Waals surface area (Å²) in [7, 11) is 0. The largest absolute Gasteiger partial charge is 0.370 e. The summed E-state index contributed by atoms with van der Waals surface area (Å²) in [6.45, 7) is 0. The van der Waals surface area contributed by atoms with Crippen LogP contribution in [0.2, 0.25) is 0 Å². The van der Waals surface area contributed by atoms with Crippen molar-refractivity contribution in [3.63, 3.8) is 0 Å². The number of nitrogens with two attached hydrogens (primary N) is 2. The molecule has 12 heavy (non-hydrogen) atoms. The van der Waals surface area contributed by atoms with Crippen LogP contribution in [0.15, 0.2) is 23.2 Å². The first-order chi connectivity index (χ1) is 5.59. The van der Waals surface area contributed by atoms with Crippen molar-refractivity contribution in [2.75, 3.05) is 0 Å². The molecule has 0 aliphatic carbocycles. The zero-order chi connectivity index (χ0) is 9.14. The van der Waals surface area contributed by atoms with E-state index in [4.69, 9.17) is 11.5 Å². The van der Waals surface area contributed by atoms with Crippen LogP contribution < -0.4 is 11.5 Å². The molecule has 1 rings (SSSR count). The molecule has 3 nitrogen and oxygen atoms in total. The molecule has 0 aliphatic rings. The van der Waals surface area contributed by atoms with Crippen LogP contribution in [0.5, 0.6) is 0 Å². The van der Waals surface area contributed by atoms with Gasteiger partial charge in [0, 0.05) is 0 Å². The average molecular weight is 279 g/mol. The molecule has 0 saturated carbocycles. The van der Waals surface area contributed by atoms with E-state index in [-0.39, 0.29) is 11.8 Å². The molecule has 1 aromatic carbocycles. The summed E-state index contributed by atoms with van der Waals surface area (Å²) in [5.41, 5.74) is 10.8. The Kier molecular flexibility index (Phi) is 2.85. The Morgan fingerprint density at radius 3 is 2.58 bits per heavy atom. The van der Waals surface area contributed by atoms with Crippen LogP contribution in [0.4, 0.5) is 10.1 Å². The van der Waals surface area contributed by atoms with Gasteiger partial charge in [-0.05, 0) is 40.8 Å². The average Bonchev–Trinajstić information content (AvgIpc) is 1.96. The van der Waals surface area contributed by atoms with Gasteiger partial charge in [0.25, 0.3) is 0 Å². The van der Waals surface area contributed by atoms with Crippen LogP contribution in [0, 0.1) is 9.39 Å². The molecule has 0 amide bonds. The molecule has 0 aliphatic heterocycles. The lowest BCUT2D eigenvalue weighted by molar-refractivity contribution is 0.620. The van der Waals surface area contributed by atoms with Gasteiger partial charge in [-0.3, -0.25) is 0 Å². The molecule has 0 bridgehead atoms. The Morgan fingerprint density at radius 2 is 2.08 bits per heavy atom. The monoisotopic (exact) mass is 279 g/mol. The predicted molar refractivity (Wildman–Crippen MR) is 54.6 cm³/mol. The SMILES string of the molecule is NC(N)=Nc1ccc(F)c(I)c1. The molecule has 64 valence electrons. The highest BCUT2D eigenvalue weighted by Gasteiger charge is 1.98. The van der Waals surface area contributed by atoms with Gasteiger partial charge in [0.05, 0.1) is 9.26 Å². The molecule has 0 fully saturated rings. The van der Waals surface area contributed by atoms with E-state index in [1.54, 1.807) is 6.07 Å². The van der Waals surface area contributed by atoms with E-state index in [0.717, 1.165) is 0 Å². The summed E-state index contributed by atoms with van der Waals surface area (Å²) < 4.78 is 13.2. The molecular weight excluding hydrogens is 272 g/mol. The van der Waals surface area contributed by atoms with Gasteiger partial charge in [-0.1, -0.05) is 0 Å². The third-order valence-electron chi connectivity index (χ3n) is 1.16. The van der Waals surface area contributed by atoms with E-state index >= 15 is 0 Å². The predicted octanol–water partition coefficient (Wildman–Crippen LogP) is 1.34. The lowest BCUT2D eigenvalue weighted by Gasteiger charge is -1.96. The number of aliphatic imine (C=N–C) groups is 1. The van der Waals surface area contributed by atoms with E-state index in [9.17, 15) is 4.39 Å². The van der Waals surface area contributed by atoms with Crippen molar-refractivity contribution in [1.82, 2.24) is 0 Å². The summed E-state index contributed by atoms with van der Waals surface area (Å²) in [4.78, 5) is 3.76. The number of halogens is 2. The normalized spacial score (nSPS) is 9.50. The highest BCUT2D eigenvalue weighted by atomic mass is 127. The molecule has 4 N–H and O–H groups in total. The van der Waals surface area contributed by atoms with Crippen LogP contribution >= 0.6 is 22.6 Å². The highest BCUT2D eigenvalue weighted by Crippen LogP contribution is 2.18. The standard InChI is InChI=1S/C7H7FIN3/c8-5-2-1-4(3-6(5)9)12-7(10)11/h1-3H,(H4,10,11,12). The molecule has 0 heterocycles. The molecule has 0 spiro atoms. The van der Waals surface area contributed by atoms with E-state index in [2.05, 4.69) is 4.99 Å². The first kappa shape index (κ1) is 9.24. The molecule has 1 aromatic rings. The Labute approximate surface area is 82.8 Å². The van der Waals surface area contributed by atoms with Gasteiger partial charge in [0.2, 0.25) is 0 Å². The summed E-state index contributed by atoms with van der Waals surface area (Å²) in [5.74, 6) is -0.303. The minimum Gasteiger partial charge on any atom is -0.370 e. The van der Waals surface area contributed by atoms with Crippen LogP contribution in [-0.4, -0.2) is 5.96 Å². The van der Waals surface area contributed by atoms with Crippen molar-refractivity contribution in [3.8, 4) is 0 Å². The Morgan fingerprint density at radius 1 is 1.42 bits per heavy atom. The van der Waals surface area contributed by atoms with Crippen LogP contribution in [0.3, 0.4) is 0 Å². The van der Waals surface area contributed by atoms with E-state index in [1.165, 1.54) is 12.1 Å².